The quantitative estimate of drug-likeness (QED) is 0.849. The lowest BCUT2D eigenvalue weighted by Gasteiger charge is -2.27. The highest BCUT2D eigenvalue weighted by Gasteiger charge is 2.20. The molecule has 3 heteroatoms. The molecule has 1 aromatic carbocycles. The molecule has 1 aliphatic rings. The fraction of sp³-hybridized carbons (Fsp3) is 0.571. The van der Waals surface area contributed by atoms with Crippen LogP contribution in [0.1, 0.15) is 30.5 Å². The predicted octanol–water partition coefficient (Wildman–Crippen LogP) is 2.31. The summed E-state index contributed by atoms with van der Waals surface area (Å²) in [7, 11) is 1.74. The van der Waals surface area contributed by atoms with E-state index < -0.39 is 0 Å². The van der Waals surface area contributed by atoms with Crippen molar-refractivity contribution in [1.29, 1.82) is 0 Å². The van der Waals surface area contributed by atoms with Crippen molar-refractivity contribution in [2.45, 2.75) is 25.8 Å². The van der Waals surface area contributed by atoms with E-state index in [1.165, 1.54) is 11.1 Å². The Balaban J connectivity index is 2.18. The van der Waals surface area contributed by atoms with Crippen LogP contribution in [0.3, 0.4) is 0 Å². The summed E-state index contributed by atoms with van der Waals surface area (Å²) < 4.78 is 10.8. The van der Waals surface area contributed by atoms with Gasteiger partial charge in [0.1, 0.15) is 5.75 Å². The maximum absolute atomic E-state index is 5.69. The third-order valence-electron chi connectivity index (χ3n) is 3.16. The van der Waals surface area contributed by atoms with E-state index in [1.807, 2.05) is 0 Å². The SMILES string of the molecule is CCNC1CCOc2ccc(CCOC)cc21. The number of hydrogen-bond acceptors (Lipinski definition) is 3. The lowest BCUT2D eigenvalue weighted by molar-refractivity contribution is 0.202. The molecule has 0 bridgehead atoms. The molecule has 3 nitrogen and oxygen atoms in total. The van der Waals surface area contributed by atoms with Gasteiger partial charge >= 0.3 is 0 Å². The molecule has 0 saturated carbocycles. The van der Waals surface area contributed by atoms with Crippen LogP contribution in [0.25, 0.3) is 0 Å². The molecule has 1 atom stereocenters. The van der Waals surface area contributed by atoms with Crippen LogP contribution in [0.2, 0.25) is 0 Å². The van der Waals surface area contributed by atoms with Gasteiger partial charge in [-0.25, -0.2) is 0 Å². The summed E-state index contributed by atoms with van der Waals surface area (Å²) in [4.78, 5) is 0. The molecule has 1 aromatic rings. The van der Waals surface area contributed by atoms with Crippen molar-refractivity contribution in [3.05, 3.63) is 29.3 Å². The Morgan fingerprint density at radius 3 is 3.12 bits per heavy atom. The normalized spacial score (nSPS) is 18.6. The van der Waals surface area contributed by atoms with Crippen LogP contribution in [-0.4, -0.2) is 26.9 Å². The van der Waals surface area contributed by atoms with E-state index in [9.17, 15) is 0 Å². The van der Waals surface area contributed by atoms with Crippen molar-refractivity contribution in [3.63, 3.8) is 0 Å². The zero-order chi connectivity index (χ0) is 12.1. The van der Waals surface area contributed by atoms with Gasteiger partial charge < -0.3 is 14.8 Å². The van der Waals surface area contributed by atoms with Gasteiger partial charge in [0.05, 0.1) is 13.2 Å². The summed E-state index contributed by atoms with van der Waals surface area (Å²) in [6, 6.07) is 6.91. The molecule has 0 aliphatic carbocycles. The van der Waals surface area contributed by atoms with Gasteiger partial charge in [-0.15, -0.1) is 0 Å². The zero-order valence-electron chi connectivity index (χ0n) is 10.7. The fourth-order valence-corrected chi connectivity index (χ4v) is 2.28. The molecule has 17 heavy (non-hydrogen) atoms. The first kappa shape index (κ1) is 12.4. The lowest BCUT2D eigenvalue weighted by Crippen LogP contribution is -2.27. The topological polar surface area (TPSA) is 30.5 Å². The van der Waals surface area contributed by atoms with Crippen molar-refractivity contribution >= 4 is 0 Å². The minimum atomic E-state index is 0.436. The molecule has 1 unspecified atom stereocenters. The van der Waals surface area contributed by atoms with Crippen molar-refractivity contribution in [3.8, 4) is 5.75 Å². The van der Waals surface area contributed by atoms with Crippen LogP contribution in [0.15, 0.2) is 18.2 Å². The van der Waals surface area contributed by atoms with E-state index in [1.54, 1.807) is 7.11 Å². The Kier molecular flexibility index (Phi) is 4.40. The number of fused-ring (bicyclic) bond motifs is 1. The van der Waals surface area contributed by atoms with E-state index >= 15 is 0 Å². The summed E-state index contributed by atoms with van der Waals surface area (Å²) >= 11 is 0. The first-order valence-electron chi connectivity index (χ1n) is 6.33. The molecule has 0 saturated heterocycles. The molecule has 2 rings (SSSR count). The first-order chi connectivity index (χ1) is 8.35. The molecule has 1 aliphatic heterocycles. The molecule has 0 fully saturated rings. The molecular formula is C14H21NO2. The lowest BCUT2D eigenvalue weighted by atomic mass is 9.97. The van der Waals surface area contributed by atoms with Gasteiger partial charge in [0.15, 0.2) is 0 Å². The van der Waals surface area contributed by atoms with Gasteiger partial charge in [0.25, 0.3) is 0 Å². The predicted molar refractivity (Wildman–Crippen MR) is 68.6 cm³/mol. The Labute approximate surface area is 103 Å². The molecule has 0 amide bonds. The first-order valence-corrected chi connectivity index (χ1v) is 6.33. The number of nitrogens with one attached hydrogen (secondary N) is 1. The van der Waals surface area contributed by atoms with E-state index in [4.69, 9.17) is 9.47 Å². The number of ether oxygens (including phenoxy) is 2. The molecule has 94 valence electrons. The van der Waals surface area contributed by atoms with Gasteiger partial charge in [-0.2, -0.15) is 0 Å². The van der Waals surface area contributed by atoms with Crippen molar-refractivity contribution in [2.75, 3.05) is 26.9 Å². The Hall–Kier alpha value is -1.06. The fourth-order valence-electron chi connectivity index (χ4n) is 2.28. The second kappa shape index (κ2) is 6.03. The second-order valence-electron chi connectivity index (χ2n) is 4.36. The van der Waals surface area contributed by atoms with Gasteiger partial charge in [0, 0.05) is 25.1 Å². The standard InChI is InChI=1S/C14H21NO2/c1-3-15-13-7-9-17-14-5-4-11(6-8-16-2)10-12(13)14/h4-5,10,13,15H,3,6-9H2,1-2H3. The number of hydrogen-bond donors (Lipinski definition) is 1. The van der Waals surface area contributed by atoms with Crippen LogP contribution < -0.4 is 10.1 Å². The highest BCUT2D eigenvalue weighted by Crippen LogP contribution is 2.32. The molecule has 0 aromatic heterocycles. The molecule has 0 spiro atoms. The van der Waals surface area contributed by atoms with E-state index in [0.717, 1.165) is 38.3 Å². The third kappa shape index (κ3) is 2.99. The number of rotatable bonds is 5. The van der Waals surface area contributed by atoms with Gasteiger partial charge in [-0.3, -0.25) is 0 Å². The summed E-state index contributed by atoms with van der Waals surface area (Å²) in [6.07, 6.45) is 2.01. The van der Waals surface area contributed by atoms with Crippen LogP contribution in [-0.2, 0) is 11.2 Å². The maximum atomic E-state index is 5.69. The third-order valence-corrected chi connectivity index (χ3v) is 3.16. The minimum Gasteiger partial charge on any atom is -0.493 e. The summed E-state index contributed by atoms with van der Waals surface area (Å²) in [5.74, 6) is 1.03. The summed E-state index contributed by atoms with van der Waals surface area (Å²) in [6.45, 7) is 4.71. The second-order valence-corrected chi connectivity index (χ2v) is 4.36. The van der Waals surface area contributed by atoms with Crippen LogP contribution >= 0.6 is 0 Å². The smallest absolute Gasteiger partial charge is 0.124 e. The zero-order valence-corrected chi connectivity index (χ0v) is 10.7. The van der Waals surface area contributed by atoms with Crippen molar-refractivity contribution < 1.29 is 9.47 Å². The van der Waals surface area contributed by atoms with Gasteiger partial charge in [0.2, 0.25) is 0 Å². The Morgan fingerprint density at radius 1 is 1.47 bits per heavy atom. The van der Waals surface area contributed by atoms with Crippen LogP contribution in [0, 0.1) is 0 Å². The molecule has 1 heterocycles. The average molecular weight is 235 g/mol. The summed E-state index contributed by atoms with van der Waals surface area (Å²) in [5, 5.41) is 3.51. The van der Waals surface area contributed by atoms with Crippen molar-refractivity contribution in [1.82, 2.24) is 5.32 Å². The minimum absolute atomic E-state index is 0.436. The Bertz CT molecular complexity index is 365. The van der Waals surface area contributed by atoms with Gasteiger partial charge in [-0.1, -0.05) is 19.1 Å². The van der Waals surface area contributed by atoms with Crippen LogP contribution in [0.5, 0.6) is 5.75 Å². The average Bonchev–Trinajstić information content (AvgIpc) is 2.37. The monoisotopic (exact) mass is 235 g/mol. The Morgan fingerprint density at radius 2 is 2.35 bits per heavy atom. The van der Waals surface area contributed by atoms with Crippen molar-refractivity contribution in [2.24, 2.45) is 0 Å². The van der Waals surface area contributed by atoms with E-state index in [2.05, 4.69) is 30.4 Å². The molecular weight excluding hydrogens is 214 g/mol. The molecule has 1 N–H and O–H groups in total. The highest BCUT2D eigenvalue weighted by molar-refractivity contribution is 5.40. The van der Waals surface area contributed by atoms with Crippen LogP contribution in [0.4, 0.5) is 0 Å². The summed E-state index contributed by atoms with van der Waals surface area (Å²) in [5.41, 5.74) is 2.62. The number of benzene rings is 1. The van der Waals surface area contributed by atoms with E-state index in [-0.39, 0.29) is 0 Å². The number of methoxy groups -OCH3 is 1. The van der Waals surface area contributed by atoms with E-state index in [0.29, 0.717) is 6.04 Å². The largest absolute Gasteiger partial charge is 0.493 e. The maximum Gasteiger partial charge on any atom is 0.124 e. The molecule has 0 radical (unpaired) electrons. The highest BCUT2D eigenvalue weighted by atomic mass is 16.5. The van der Waals surface area contributed by atoms with Gasteiger partial charge in [-0.05, 0) is 24.6 Å².